The second-order valence-corrected chi connectivity index (χ2v) is 7.88. The van der Waals surface area contributed by atoms with E-state index < -0.39 is 6.10 Å². The highest BCUT2D eigenvalue weighted by Crippen LogP contribution is 2.18. The van der Waals surface area contributed by atoms with Crippen molar-refractivity contribution in [3.8, 4) is 5.75 Å². The van der Waals surface area contributed by atoms with Gasteiger partial charge >= 0.3 is 0 Å². The number of nitrogens with zero attached hydrogens (tertiary/aromatic N) is 2. The number of ether oxygens (including phenoxy) is 1. The minimum atomic E-state index is -0.641. The molecule has 1 saturated heterocycles. The lowest BCUT2D eigenvalue weighted by molar-refractivity contribution is -0.137. The Labute approximate surface area is 186 Å². The van der Waals surface area contributed by atoms with Gasteiger partial charge in [0.25, 0.3) is 11.8 Å². The highest BCUT2D eigenvalue weighted by molar-refractivity contribution is 6.30. The number of anilines is 1. The van der Waals surface area contributed by atoms with Gasteiger partial charge in [-0.1, -0.05) is 17.7 Å². The molecule has 1 heterocycles. The third-order valence-corrected chi connectivity index (χ3v) is 5.25. The van der Waals surface area contributed by atoms with Crippen LogP contribution in [0.3, 0.4) is 0 Å². The zero-order chi connectivity index (χ0) is 22.4. The van der Waals surface area contributed by atoms with E-state index in [4.69, 9.17) is 16.3 Å². The van der Waals surface area contributed by atoms with Crippen LogP contribution in [0.4, 0.5) is 5.69 Å². The second kappa shape index (κ2) is 10.3. The van der Waals surface area contributed by atoms with Gasteiger partial charge in [-0.05, 0) is 55.8 Å². The van der Waals surface area contributed by atoms with Gasteiger partial charge in [0.05, 0.1) is 0 Å². The average Bonchev–Trinajstić information content (AvgIpc) is 3.00. The topological polar surface area (TPSA) is 79.0 Å². The fraction of sp³-hybridized carbons (Fsp3) is 0.348. The first-order chi connectivity index (χ1) is 14.8. The van der Waals surface area contributed by atoms with E-state index >= 15 is 0 Å². The van der Waals surface area contributed by atoms with Crippen molar-refractivity contribution < 1.29 is 19.1 Å². The van der Waals surface area contributed by atoms with E-state index in [-0.39, 0.29) is 17.7 Å². The van der Waals surface area contributed by atoms with Gasteiger partial charge < -0.3 is 19.9 Å². The number of halogens is 1. The molecule has 1 atom stereocenters. The summed E-state index contributed by atoms with van der Waals surface area (Å²) >= 11 is 5.88. The molecule has 1 aliphatic heterocycles. The second-order valence-electron chi connectivity index (χ2n) is 7.45. The first-order valence-corrected chi connectivity index (χ1v) is 10.6. The van der Waals surface area contributed by atoms with E-state index in [0.717, 1.165) is 0 Å². The number of benzene rings is 2. The normalized spacial score (nSPS) is 15.1. The molecule has 1 unspecified atom stereocenters. The maximum atomic E-state index is 12.9. The Bertz CT molecular complexity index is 948. The number of amides is 3. The molecular formula is C23H26ClN3O4. The van der Waals surface area contributed by atoms with E-state index in [1.807, 2.05) is 0 Å². The molecule has 1 N–H and O–H groups in total. The SMILES string of the molecule is CC(=O)Nc1cccc(C(=O)N2CCCN(C(=O)C(C)Oc3ccc(Cl)cc3)CC2)c1. The first-order valence-electron chi connectivity index (χ1n) is 10.2. The van der Waals surface area contributed by atoms with Gasteiger partial charge in [0.1, 0.15) is 5.75 Å². The van der Waals surface area contributed by atoms with Gasteiger partial charge in [-0.2, -0.15) is 0 Å². The molecule has 8 heteroatoms. The molecule has 0 aromatic heterocycles. The zero-order valence-corrected chi connectivity index (χ0v) is 18.4. The van der Waals surface area contributed by atoms with Crippen LogP contribution in [0.2, 0.25) is 5.02 Å². The molecule has 0 saturated carbocycles. The molecule has 0 bridgehead atoms. The predicted molar refractivity (Wildman–Crippen MR) is 119 cm³/mol. The highest BCUT2D eigenvalue weighted by Gasteiger charge is 2.26. The van der Waals surface area contributed by atoms with Crippen molar-refractivity contribution in [3.05, 3.63) is 59.1 Å². The van der Waals surface area contributed by atoms with Gasteiger partial charge in [-0.3, -0.25) is 14.4 Å². The molecule has 7 nitrogen and oxygen atoms in total. The van der Waals surface area contributed by atoms with Crippen molar-refractivity contribution in [3.63, 3.8) is 0 Å². The fourth-order valence-electron chi connectivity index (χ4n) is 3.48. The molecule has 164 valence electrons. The van der Waals surface area contributed by atoms with Crippen LogP contribution in [0, 0.1) is 0 Å². The lowest BCUT2D eigenvalue weighted by Crippen LogP contribution is -2.43. The number of hydrogen-bond acceptors (Lipinski definition) is 4. The van der Waals surface area contributed by atoms with E-state index in [1.54, 1.807) is 65.3 Å². The van der Waals surface area contributed by atoms with E-state index in [9.17, 15) is 14.4 Å². The number of nitrogens with one attached hydrogen (secondary N) is 1. The summed E-state index contributed by atoms with van der Waals surface area (Å²) in [4.78, 5) is 40.5. The molecule has 1 fully saturated rings. The van der Waals surface area contributed by atoms with Crippen molar-refractivity contribution in [2.75, 3.05) is 31.5 Å². The molecule has 0 spiro atoms. The molecule has 3 rings (SSSR count). The summed E-state index contributed by atoms with van der Waals surface area (Å²) in [6.45, 7) is 5.12. The lowest BCUT2D eigenvalue weighted by atomic mass is 10.1. The van der Waals surface area contributed by atoms with Crippen LogP contribution < -0.4 is 10.1 Å². The molecule has 0 aliphatic carbocycles. The maximum Gasteiger partial charge on any atom is 0.263 e. The number of hydrogen-bond donors (Lipinski definition) is 1. The maximum absolute atomic E-state index is 12.9. The average molecular weight is 444 g/mol. The smallest absolute Gasteiger partial charge is 0.263 e. The zero-order valence-electron chi connectivity index (χ0n) is 17.6. The molecule has 3 amide bonds. The minimum absolute atomic E-state index is 0.114. The Kier molecular flexibility index (Phi) is 7.52. The Hall–Kier alpha value is -3.06. The Morgan fingerprint density at radius 1 is 1.00 bits per heavy atom. The van der Waals surface area contributed by atoms with E-state index in [2.05, 4.69) is 5.32 Å². The molecular weight excluding hydrogens is 418 g/mol. The van der Waals surface area contributed by atoms with Crippen LogP contribution in [0.5, 0.6) is 5.75 Å². The van der Waals surface area contributed by atoms with E-state index in [1.165, 1.54) is 6.92 Å². The summed E-state index contributed by atoms with van der Waals surface area (Å²) in [6.07, 6.45) is 0.0362. The van der Waals surface area contributed by atoms with Crippen molar-refractivity contribution in [1.82, 2.24) is 9.80 Å². The van der Waals surface area contributed by atoms with Crippen molar-refractivity contribution in [1.29, 1.82) is 0 Å². The van der Waals surface area contributed by atoms with Crippen molar-refractivity contribution in [2.45, 2.75) is 26.4 Å². The van der Waals surface area contributed by atoms with E-state index in [0.29, 0.717) is 54.6 Å². The Balaban J connectivity index is 1.59. The summed E-state index contributed by atoms with van der Waals surface area (Å²) in [6, 6.07) is 13.7. The third-order valence-electron chi connectivity index (χ3n) is 5.00. The highest BCUT2D eigenvalue weighted by atomic mass is 35.5. The molecule has 0 radical (unpaired) electrons. The van der Waals surface area contributed by atoms with Gasteiger partial charge in [0, 0.05) is 49.4 Å². The monoisotopic (exact) mass is 443 g/mol. The molecule has 31 heavy (non-hydrogen) atoms. The third kappa shape index (κ3) is 6.21. The summed E-state index contributed by atoms with van der Waals surface area (Å²) in [5.41, 5.74) is 1.09. The number of rotatable bonds is 5. The van der Waals surface area contributed by atoms with Crippen LogP contribution in [-0.4, -0.2) is 59.8 Å². The van der Waals surface area contributed by atoms with Crippen LogP contribution in [0.15, 0.2) is 48.5 Å². The Morgan fingerprint density at radius 2 is 1.68 bits per heavy atom. The minimum Gasteiger partial charge on any atom is -0.481 e. The summed E-state index contributed by atoms with van der Waals surface area (Å²) in [5.74, 6) is 0.156. The van der Waals surface area contributed by atoms with Gasteiger partial charge in [0.2, 0.25) is 5.91 Å². The van der Waals surface area contributed by atoms with Crippen LogP contribution >= 0.6 is 11.6 Å². The molecule has 1 aliphatic rings. The fourth-order valence-corrected chi connectivity index (χ4v) is 3.61. The van der Waals surface area contributed by atoms with Crippen LogP contribution in [-0.2, 0) is 9.59 Å². The standard InChI is InChI=1S/C23H26ClN3O4/c1-16(31-21-9-7-19(24)8-10-21)22(29)26-11-4-12-27(14-13-26)23(30)18-5-3-6-20(15-18)25-17(2)28/h3,5-10,15-16H,4,11-14H2,1-2H3,(H,25,28). The molecule has 2 aromatic rings. The molecule has 2 aromatic carbocycles. The quantitative estimate of drug-likeness (QED) is 0.767. The number of carbonyl (C=O) groups excluding carboxylic acids is 3. The first kappa shape index (κ1) is 22.6. The lowest BCUT2D eigenvalue weighted by Gasteiger charge is -2.25. The van der Waals surface area contributed by atoms with Crippen LogP contribution in [0.1, 0.15) is 30.6 Å². The van der Waals surface area contributed by atoms with Crippen molar-refractivity contribution >= 4 is 35.0 Å². The van der Waals surface area contributed by atoms with Crippen molar-refractivity contribution in [2.24, 2.45) is 0 Å². The largest absolute Gasteiger partial charge is 0.481 e. The number of carbonyl (C=O) groups is 3. The summed E-state index contributed by atoms with van der Waals surface area (Å²) in [5, 5.41) is 3.29. The van der Waals surface area contributed by atoms with Gasteiger partial charge in [-0.15, -0.1) is 0 Å². The van der Waals surface area contributed by atoms with Crippen LogP contribution in [0.25, 0.3) is 0 Å². The summed E-state index contributed by atoms with van der Waals surface area (Å²) < 4.78 is 5.75. The summed E-state index contributed by atoms with van der Waals surface area (Å²) in [7, 11) is 0. The Morgan fingerprint density at radius 3 is 2.39 bits per heavy atom. The van der Waals surface area contributed by atoms with Gasteiger partial charge in [-0.25, -0.2) is 0 Å². The predicted octanol–water partition coefficient (Wildman–Crippen LogP) is 3.44. The van der Waals surface area contributed by atoms with Gasteiger partial charge in [0.15, 0.2) is 6.10 Å².